The Morgan fingerprint density at radius 1 is 0.737 bits per heavy atom. The molecule has 0 bridgehead atoms. The standard InChI is InChI=1S/C12H26O7/c1-7(14)11(16)5-18-9(3)12(17)6-19-8(2)10(15)4-13/h7-17H,4-6H2,1-3H3. The number of aliphatic hydroxyl groups is 5. The van der Waals surface area contributed by atoms with Crippen LogP contribution in [0.3, 0.4) is 0 Å². The molecule has 0 radical (unpaired) electrons. The van der Waals surface area contributed by atoms with Gasteiger partial charge in [0.25, 0.3) is 0 Å². The van der Waals surface area contributed by atoms with Crippen LogP contribution in [0.25, 0.3) is 0 Å². The van der Waals surface area contributed by atoms with Crippen LogP contribution in [0.4, 0.5) is 0 Å². The Morgan fingerprint density at radius 3 is 1.58 bits per heavy atom. The highest BCUT2D eigenvalue weighted by Crippen LogP contribution is 2.05. The van der Waals surface area contributed by atoms with Gasteiger partial charge in [0.2, 0.25) is 0 Å². The Labute approximate surface area is 113 Å². The van der Waals surface area contributed by atoms with E-state index in [4.69, 9.17) is 19.7 Å². The van der Waals surface area contributed by atoms with Crippen LogP contribution < -0.4 is 0 Å². The third kappa shape index (κ3) is 7.78. The summed E-state index contributed by atoms with van der Waals surface area (Å²) in [5.41, 5.74) is 0. The number of aliphatic hydroxyl groups excluding tert-OH is 5. The Kier molecular flexibility index (Phi) is 9.46. The van der Waals surface area contributed by atoms with Gasteiger partial charge in [0, 0.05) is 0 Å². The Hall–Kier alpha value is -0.280. The van der Waals surface area contributed by atoms with Crippen molar-refractivity contribution in [3.05, 3.63) is 0 Å². The van der Waals surface area contributed by atoms with Crippen molar-refractivity contribution >= 4 is 0 Å². The molecular weight excluding hydrogens is 256 g/mol. The summed E-state index contributed by atoms with van der Waals surface area (Å²) in [5.74, 6) is 0. The number of ether oxygens (including phenoxy) is 2. The molecule has 0 aliphatic rings. The molecule has 19 heavy (non-hydrogen) atoms. The predicted octanol–water partition coefficient (Wildman–Crippen LogP) is -1.75. The van der Waals surface area contributed by atoms with E-state index in [0.717, 1.165) is 0 Å². The predicted molar refractivity (Wildman–Crippen MR) is 67.6 cm³/mol. The van der Waals surface area contributed by atoms with Gasteiger partial charge < -0.3 is 35.0 Å². The molecule has 116 valence electrons. The first-order valence-electron chi connectivity index (χ1n) is 6.35. The van der Waals surface area contributed by atoms with Crippen LogP contribution in [0.5, 0.6) is 0 Å². The lowest BCUT2D eigenvalue weighted by atomic mass is 10.2. The lowest BCUT2D eigenvalue weighted by molar-refractivity contribution is -0.120. The molecule has 0 aliphatic carbocycles. The minimum absolute atomic E-state index is 0.0653. The van der Waals surface area contributed by atoms with Crippen molar-refractivity contribution in [3.63, 3.8) is 0 Å². The lowest BCUT2D eigenvalue weighted by Crippen LogP contribution is -2.38. The van der Waals surface area contributed by atoms with E-state index in [0.29, 0.717) is 0 Å². The van der Waals surface area contributed by atoms with Crippen molar-refractivity contribution in [2.75, 3.05) is 19.8 Å². The second-order valence-corrected chi connectivity index (χ2v) is 4.70. The van der Waals surface area contributed by atoms with Gasteiger partial charge in [-0.05, 0) is 20.8 Å². The molecule has 0 aromatic heterocycles. The summed E-state index contributed by atoms with van der Waals surface area (Å²) in [6, 6.07) is 0. The topological polar surface area (TPSA) is 120 Å². The van der Waals surface area contributed by atoms with Crippen LogP contribution in [0, 0.1) is 0 Å². The maximum atomic E-state index is 9.73. The molecule has 7 heteroatoms. The van der Waals surface area contributed by atoms with Crippen molar-refractivity contribution in [1.82, 2.24) is 0 Å². The molecule has 5 N–H and O–H groups in total. The minimum atomic E-state index is -1.01. The third-order valence-electron chi connectivity index (χ3n) is 2.89. The summed E-state index contributed by atoms with van der Waals surface area (Å²) < 4.78 is 10.4. The fraction of sp³-hybridized carbons (Fsp3) is 1.00. The van der Waals surface area contributed by atoms with Crippen LogP contribution in [0.15, 0.2) is 0 Å². The highest BCUT2D eigenvalue weighted by atomic mass is 16.5. The fourth-order valence-electron chi connectivity index (χ4n) is 1.15. The molecule has 0 saturated carbocycles. The number of hydrogen-bond acceptors (Lipinski definition) is 7. The first kappa shape index (κ1) is 18.7. The van der Waals surface area contributed by atoms with E-state index in [1.165, 1.54) is 6.92 Å². The lowest BCUT2D eigenvalue weighted by Gasteiger charge is -2.24. The average Bonchev–Trinajstić information content (AvgIpc) is 2.39. The van der Waals surface area contributed by atoms with Crippen molar-refractivity contribution in [1.29, 1.82) is 0 Å². The van der Waals surface area contributed by atoms with Gasteiger partial charge in [-0.2, -0.15) is 0 Å². The van der Waals surface area contributed by atoms with Gasteiger partial charge >= 0.3 is 0 Å². The molecule has 0 spiro atoms. The molecule has 0 fully saturated rings. The van der Waals surface area contributed by atoms with Gasteiger partial charge in [0.1, 0.15) is 18.3 Å². The van der Waals surface area contributed by atoms with E-state index in [9.17, 15) is 15.3 Å². The van der Waals surface area contributed by atoms with E-state index < -0.39 is 43.2 Å². The molecule has 0 aliphatic heterocycles. The van der Waals surface area contributed by atoms with Crippen LogP contribution >= 0.6 is 0 Å². The normalized spacial score (nSPS) is 21.5. The Balaban J connectivity index is 3.90. The van der Waals surface area contributed by atoms with Gasteiger partial charge in [-0.15, -0.1) is 0 Å². The van der Waals surface area contributed by atoms with Crippen LogP contribution in [-0.2, 0) is 9.47 Å². The van der Waals surface area contributed by atoms with Crippen LogP contribution in [-0.4, -0.2) is 82.0 Å². The SMILES string of the molecule is CC(O)C(O)COC(C)C(O)COC(C)C(O)CO. The Morgan fingerprint density at radius 2 is 1.16 bits per heavy atom. The summed E-state index contributed by atoms with van der Waals surface area (Å²) in [6.07, 6.45) is -5.04. The van der Waals surface area contributed by atoms with Gasteiger partial charge in [-0.25, -0.2) is 0 Å². The summed E-state index contributed by atoms with van der Waals surface area (Å²) >= 11 is 0. The van der Waals surface area contributed by atoms with E-state index in [2.05, 4.69) is 0 Å². The average molecular weight is 282 g/mol. The van der Waals surface area contributed by atoms with E-state index in [-0.39, 0.29) is 13.2 Å². The van der Waals surface area contributed by atoms with Crippen molar-refractivity contribution in [3.8, 4) is 0 Å². The maximum Gasteiger partial charge on any atom is 0.103 e. The fourth-order valence-corrected chi connectivity index (χ4v) is 1.15. The zero-order valence-corrected chi connectivity index (χ0v) is 11.6. The second kappa shape index (κ2) is 9.60. The molecule has 6 atom stereocenters. The van der Waals surface area contributed by atoms with E-state index >= 15 is 0 Å². The Bertz CT molecular complexity index is 224. The molecule has 6 unspecified atom stereocenters. The van der Waals surface area contributed by atoms with Crippen molar-refractivity contribution < 1.29 is 35.0 Å². The van der Waals surface area contributed by atoms with Crippen molar-refractivity contribution in [2.24, 2.45) is 0 Å². The molecule has 0 aromatic rings. The molecular formula is C12H26O7. The molecule has 0 saturated heterocycles. The second-order valence-electron chi connectivity index (χ2n) is 4.70. The molecule has 0 rings (SSSR count). The van der Waals surface area contributed by atoms with Crippen LogP contribution in [0.1, 0.15) is 20.8 Å². The summed E-state index contributed by atoms with van der Waals surface area (Å²) in [4.78, 5) is 0. The van der Waals surface area contributed by atoms with Gasteiger partial charge in [-0.3, -0.25) is 0 Å². The van der Waals surface area contributed by atoms with Crippen molar-refractivity contribution in [2.45, 2.75) is 57.4 Å². The molecule has 0 aromatic carbocycles. The summed E-state index contributed by atoms with van der Waals surface area (Å²) in [7, 11) is 0. The number of rotatable bonds is 10. The van der Waals surface area contributed by atoms with E-state index in [1.54, 1.807) is 13.8 Å². The number of hydrogen-bond donors (Lipinski definition) is 5. The van der Waals surface area contributed by atoms with E-state index in [1.807, 2.05) is 0 Å². The molecule has 0 heterocycles. The maximum absolute atomic E-state index is 9.73. The molecule has 0 amide bonds. The summed E-state index contributed by atoms with van der Waals surface area (Å²) in [5, 5.41) is 46.1. The monoisotopic (exact) mass is 282 g/mol. The smallest absolute Gasteiger partial charge is 0.103 e. The highest BCUT2D eigenvalue weighted by Gasteiger charge is 2.21. The highest BCUT2D eigenvalue weighted by molar-refractivity contribution is 4.69. The first-order chi connectivity index (χ1) is 8.79. The van der Waals surface area contributed by atoms with Gasteiger partial charge in [-0.1, -0.05) is 0 Å². The zero-order chi connectivity index (χ0) is 15.0. The first-order valence-corrected chi connectivity index (χ1v) is 6.35. The molecule has 7 nitrogen and oxygen atoms in total. The summed E-state index contributed by atoms with van der Waals surface area (Å²) in [6.45, 7) is 4.06. The zero-order valence-electron chi connectivity index (χ0n) is 11.6. The third-order valence-corrected chi connectivity index (χ3v) is 2.89. The minimum Gasteiger partial charge on any atom is -0.394 e. The van der Waals surface area contributed by atoms with Gasteiger partial charge in [0.05, 0.1) is 38.1 Å². The van der Waals surface area contributed by atoms with Crippen LogP contribution in [0.2, 0.25) is 0 Å². The quantitative estimate of drug-likeness (QED) is 0.322. The largest absolute Gasteiger partial charge is 0.394 e. The van der Waals surface area contributed by atoms with Gasteiger partial charge in [0.15, 0.2) is 0 Å².